The topological polar surface area (TPSA) is 81.4 Å². The highest BCUT2D eigenvalue weighted by Gasteiger charge is 2.01. The van der Waals surface area contributed by atoms with Crippen molar-refractivity contribution in [3.05, 3.63) is 11.6 Å². The second-order valence-corrected chi connectivity index (χ2v) is 2.48. The van der Waals surface area contributed by atoms with Crippen molar-refractivity contribution in [3.8, 4) is 0 Å². The summed E-state index contributed by atoms with van der Waals surface area (Å²) in [7, 11) is 1.32. The highest BCUT2D eigenvalue weighted by atomic mass is 16.5. The van der Waals surface area contributed by atoms with E-state index in [0.29, 0.717) is 12.1 Å². The van der Waals surface area contributed by atoms with E-state index in [1.165, 1.54) is 7.11 Å². The largest absolute Gasteiger partial charge is 0.466 e. The SMILES string of the molecule is COC(=O)C(C)=CCNCC(N)=O. The molecule has 3 N–H and O–H groups in total. The summed E-state index contributed by atoms with van der Waals surface area (Å²) < 4.78 is 4.46. The smallest absolute Gasteiger partial charge is 0.333 e. The maximum absolute atomic E-state index is 10.8. The van der Waals surface area contributed by atoms with Crippen LogP contribution in [-0.4, -0.2) is 32.1 Å². The van der Waals surface area contributed by atoms with Gasteiger partial charge in [-0.3, -0.25) is 4.79 Å². The van der Waals surface area contributed by atoms with Gasteiger partial charge in [-0.1, -0.05) is 6.08 Å². The summed E-state index contributed by atoms with van der Waals surface area (Å²) >= 11 is 0. The first kappa shape index (κ1) is 11.6. The lowest BCUT2D eigenvalue weighted by Crippen LogP contribution is -2.28. The molecule has 0 radical (unpaired) electrons. The first-order chi connectivity index (χ1) is 6.07. The Morgan fingerprint density at radius 3 is 2.62 bits per heavy atom. The molecule has 5 heteroatoms. The minimum absolute atomic E-state index is 0.102. The lowest BCUT2D eigenvalue weighted by molar-refractivity contribution is -0.136. The highest BCUT2D eigenvalue weighted by Crippen LogP contribution is 1.93. The van der Waals surface area contributed by atoms with E-state index >= 15 is 0 Å². The lowest BCUT2D eigenvalue weighted by atomic mass is 10.3. The van der Waals surface area contributed by atoms with Crippen LogP contribution in [0.5, 0.6) is 0 Å². The van der Waals surface area contributed by atoms with Crippen molar-refractivity contribution in [2.75, 3.05) is 20.2 Å². The third kappa shape index (κ3) is 5.86. The van der Waals surface area contributed by atoms with E-state index in [-0.39, 0.29) is 12.5 Å². The Kier molecular flexibility index (Phi) is 5.54. The first-order valence-corrected chi connectivity index (χ1v) is 3.82. The van der Waals surface area contributed by atoms with Gasteiger partial charge in [-0.15, -0.1) is 0 Å². The molecule has 1 amide bonds. The molecule has 0 rings (SSSR count). The summed E-state index contributed by atoms with van der Waals surface area (Å²) in [6.45, 7) is 2.16. The molecule has 0 aromatic heterocycles. The number of amides is 1. The van der Waals surface area contributed by atoms with Crippen molar-refractivity contribution in [3.63, 3.8) is 0 Å². The second kappa shape index (κ2) is 6.19. The molecule has 0 saturated heterocycles. The Morgan fingerprint density at radius 1 is 1.54 bits per heavy atom. The van der Waals surface area contributed by atoms with Crippen LogP contribution >= 0.6 is 0 Å². The van der Waals surface area contributed by atoms with Gasteiger partial charge >= 0.3 is 5.97 Å². The monoisotopic (exact) mass is 186 g/mol. The molecule has 5 nitrogen and oxygen atoms in total. The van der Waals surface area contributed by atoms with Gasteiger partial charge in [0.15, 0.2) is 0 Å². The summed E-state index contributed by atoms with van der Waals surface area (Å²) in [5.41, 5.74) is 5.38. The average molecular weight is 186 g/mol. The van der Waals surface area contributed by atoms with Crippen molar-refractivity contribution < 1.29 is 14.3 Å². The van der Waals surface area contributed by atoms with Gasteiger partial charge in [-0.05, 0) is 6.92 Å². The van der Waals surface area contributed by atoms with Crippen LogP contribution in [-0.2, 0) is 14.3 Å². The molecule has 0 bridgehead atoms. The van der Waals surface area contributed by atoms with E-state index in [0.717, 1.165) is 0 Å². The van der Waals surface area contributed by atoms with Crippen LogP contribution in [0.15, 0.2) is 11.6 Å². The molecule has 0 heterocycles. The van der Waals surface area contributed by atoms with E-state index < -0.39 is 5.91 Å². The fourth-order valence-corrected chi connectivity index (χ4v) is 0.665. The van der Waals surface area contributed by atoms with Crippen LogP contribution < -0.4 is 11.1 Å². The molecule has 0 saturated carbocycles. The summed E-state index contributed by atoms with van der Waals surface area (Å²) in [6.07, 6.45) is 1.63. The fourth-order valence-electron chi connectivity index (χ4n) is 0.665. The molecule has 0 unspecified atom stereocenters. The van der Waals surface area contributed by atoms with Crippen LogP contribution in [0.25, 0.3) is 0 Å². The molecular weight excluding hydrogens is 172 g/mol. The zero-order chi connectivity index (χ0) is 10.3. The van der Waals surface area contributed by atoms with Crippen molar-refractivity contribution >= 4 is 11.9 Å². The summed E-state index contributed by atoms with van der Waals surface area (Å²) in [5, 5.41) is 2.74. The Balaban J connectivity index is 3.71. The molecule has 0 aliphatic carbocycles. The van der Waals surface area contributed by atoms with Crippen LogP contribution in [0.4, 0.5) is 0 Å². The molecule has 0 atom stereocenters. The molecule has 0 spiro atoms. The minimum Gasteiger partial charge on any atom is -0.466 e. The van der Waals surface area contributed by atoms with Crippen LogP contribution in [0.1, 0.15) is 6.92 Å². The van der Waals surface area contributed by atoms with Gasteiger partial charge in [-0.25, -0.2) is 4.79 Å². The predicted molar refractivity (Wildman–Crippen MR) is 47.8 cm³/mol. The highest BCUT2D eigenvalue weighted by molar-refractivity contribution is 5.87. The fraction of sp³-hybridized carbons (Fsp3) is 0.500. The number of nitrogens with two attached hydrogens (primary N) is 1. The number of carbonyl (C=O) groups excluding carboxylic acids is 2. The zero-order valence-corrected chi connectivity index (χ0v) is 7.79. The summed E-state index contributed by atoms with van der Waals surface area (Å²) in [4.78, 5) is 21.1. The molecule has 0 aliphatic rings. The van der Waals surface area contributed by atoms with E-state index in [4.69, 9.17) is 5.73 Å². The lowest BCUT2D eigenvalue weighted by Gasteiger charge is -1.99. The van der Waals surface area contributed by atoms with Crippen molar-refractivity contribution in [1.82, 2.24) is 5.32 Å². The maximum Gasteiger partial charge on any atom is 0.333 e. The van der Waals surface area contributed by atoms with Crippen LogP contribution in [0.3, 0.4) is 0 Å². The van der Waals surface area contributed by atoms with E-state index in [2.05, 4.69) is 10.1 Å². The number of hydrogen-bond acceptors (Lipinski definition) is 4. The van der Waals surface area contributed by atoms with Crippen molar-refractivity contribution in [1.29, 1.82) is 0 Å². The van der Waals surface area contributed by atoms with Gasteiger partial charge in [0.05, 0.1) is 13.7 Å². The van der Waals surface area contributed by atoms with Crippen molar-refractivity contribution in [2.45, 2.75) is 6.92 Å². The number of hydrogen-bond donors (Lipinski definition) is 2. The van der Waals surface area contributed by atoms with E-state index in [9.17, 15) is 9.59 Å². The van der Waals surface area contributed by atoms with Gasteiger partial charge in [0.2, 0.25) is 5.91 Å². The number of primary amides is 1. The van der Waals surface area contributed by atoms with Gasteiger partial charge < -0.3 is 15.8 Å². The molecule has 0 aromatic carbocycles. The third-order valence-electron chi connectivity index (χ3n) is 1.36. The quantitative estimate of drug-likeness (QED) is 0.334. The van der Waals surface area contributed by atoms with Crippen LogP contribution in [0.2, 0.25) is 0 Å². The molecule has 74 valence electrons. The van der Waals surface area contributed by atoms with E-state index in [1.54, 1.807) is 13.0 Å². The normalized spacial score (nSPS) is 11.1. The number of methoxy groups -OCH3 is 1. The maximum atomic E-state index is 10.8. The van der Waals surface area contributed by atoms with Gasteiger partial charge in [-0.2, -0.15) is 0 Å². The Morgan fingerprint density at radius 2 is 2.15 bits per heavy atom. The standard InChI is InChI=1S/C8H14N2O3/c1-6(8(12)13-2)3-4-10-5-7(9)11/h3,10H,4-5H2,1-2H3,(H2,9,11). The number of carbonyl (C=O) groups is 2. The van der Waals surface area contributed by atoms with Crippen molar-refractivity contribution in [2.24, 2.45) is 5.73 Å². The third-order valence-corrected chi connectivity index (χ3v) is 1.36. The zero-order valence-electron chi connectivity index (χ0n) is 7.79. The summed E-state index contributed by atoms with van der Waals surface area (Å²) in [6, 6.07) is 0. The molecule has 0 aliphatic heterocycles. The Bertz CT molecular complexity index is 223. The Hall–Kier alpha value is -1.36. The number of esters is 1. The number of nitrogens with one attached hydrogen (secondary N) is 1. The number of rotatable bonds is 5. The van der Waals surface area contributed by atoms with Gasteiger partial charge in [0, 0.05) is 12.1 Å². The number of ether oxygens (including phenoxy) is 1. The second-order valence-electron chi connectivity index (χ2n) is 2.48. The van der Waals surface area contributed by atoms with E-state index in [1.807, 2.05) is 0 Å². The minimum atomic E-state index is -0.427. The molecule has 13 heavy (non-hydrogen) atoms. The summed E-state index contributed by atoms with van der Waals surface area (Å²) in [5.74, 6) is -0.801. The van der Waals surface area contributed by atoms with Gasteiger partial charge in [0.25, 0.3) is 0 Å². The molecular formula is C8H14N2O3. The average Bonchev–Trinajstić information content (AvgIpc) is 2.10. The first-order valence-electron chi connectivity index (χ1n) is 3.82. The van der Waals surface area contributed by atoms with Crippen LogP contribution in [0, 0.1) is 0 Å². The molecule has 0 aromatic rings. The van der Waals surface area contributed by atoms with Gasteiger partial charge in [0.1, 0.15) is 0 Å². The Labute approximate surface area is 76.9 Å². The molecule has 0 fully saturated rings. The predicted octanol–water partition coefficient (Wildman–Crippen LogP) is -0.819.